The van der Waals surface area contributed by atoms with Crippen LogP contribution < -0.4 is 5.63 Å². The molecule has 0 unspecified atom stereocenters. The molecule has 0 radical (unpaired) electrons. The molecular formula is C19H23N3O2S. The first kappa shape index (κ1) is 17.7. The van der Waals surface area contributed by atoms with Crippen LogP contribution in [0, 0.1) is 13.8 Å². The normalized spacial score (nSPS) is 11.3. The van der Waals surface area contributed by atoms with Crippen LogP contribution in [0.2, 0.25) is 0 Å². The second kappa shape index (κ2) is 7.87. The molecule has 0 bridgehead atoms. The monoisotopic (exact) mass is 357 g/mol. The van der Waals surface area contributed by atoms with E-state index < -0.39 is 0 Å². The molecule has 0 aliphatic carbocycles. The Morgan fingerprint density at radius 2 is 1.96 bits per heavy atom. The molecule has 0 aliphatic rings. The molecule has 0 amide bonds. The summed E-state index contributed by atoms with van der Waals surface area (Å²) in [5, 5.41) is 10.1. The van der Waals surface area contributed by atoms with Crippen LogP contribution in [-0.2, 0) is 12.3 Å². The molecule has 0 atom stereocenters. The summed E-state index contributed by atoms with van der Waals surface area (Å²) < 4.78 is 7.45. The second-order valence-electron chi connectivity index (χ2n) is 6.33. The first-order valence-corrected chi connectivity index (χ1v) is 9.61. The fourth-order valence-corrected chi connectivity index (χ4v) is 3.72. The molecule has 0 spiro atoms. The van der Waals surface area contributed by atoms with E-state index in [9.17, 15) is 4.79 Å². The van der Waals surface area contributed by atoms with E-state index in [0.29, 0.717) is 11.3 Å². The van der Waals surface area contributed by atoms with E-state index in [1.54, 1.807) is 24.2 Å². The molecule has 1 aromatic carbocycles. The van der Waals surface area contributed by atoms with Crippen molar-refractivity contribution in [1.29, 1.82) is 0 Å². The van der Waals surface area contributed by atoms with E-state index in [1.165, 1.54) is 18.4 Å². The summed E-state index contributed by atoms with van der Waals surface area (Å²) in [5.41, 5.74) is 3.63. The summed E-state index contributed by atoms with van der Waals surface area (Å²) in [6.07, 6.45) is 5.29. The number of rotatable bonds is 7. The van der Waals surface area contributed by atoms with Gasteiger partial charge in [-0.25, -0.2) is 4.79 Å². The van der Waals surface area contributed by atoms with Gasteiger partial charge in [-0.1, -0.05) is 31.5 Å². The molecule has 0 N–H and O–H groups in total. The predicted octanol–water partition coefficient (Wildman–Crippen LogP) is 4.48. The number of benzene rings is 1. The molecule has 6 heteroatoms. The van der Waals surface area contributed by atoms with E-state index in [4.69, 9.17) is 4.42 Å². The average Bonchev–Trinajstić information content (AvgIpc) is 3.02. The lowest BCUT2D eigenvalue weighted by molar-refractivity contribution is 0.559. The Bertz CT molecular complexity index is 930. The fraction of sp³-hybridized carbons (Fsp3) is 0.421. The average molecular weight is 357 g/mol. The number of aryl methyl sites for hydroxylation is 3. The lowest BCUT2D eigenvalue weighted by Crippen LogP contribution is -2.02. The number of hydrogen-bond acceptors (Lipinski definition) is 5. The third-order valence-electron chi connectivity index (χ3n) is 4.38. The molecule has 3 rings (SSSR count). The number of aromatic nitrogens is 3. The minimum Gasteiger partial charge on any atom is -0.423 e. The van der Waals surface area contributed by atoms with Gasteiger partial charge in [-0.05, 0) is 49.1 Å². The largest absolute Gasteiger partial charge is 0.423 e. The molecule has 132 valence electrons. The third kappa shape index (κ3) is 4.12. The van der Waals surface area contributed by atoms with Crippen LogP contribution in [-0.4, -0.2) is 14.8 Å². The zero-order valence-electron chi connectivity index (χ0n) is 14.9. The minimum absolute atomic E-state index is 0.309. The Hall–Kier alpha value is -2.08. The standard InChI is InChI=1S/C19H23N3O2S/c1-4-5-6-7-22-12-20-21-19(22)25-11-15-10-18(23)24-17-9-14(3)13(2)8-16(15)17/h8-10,12H,4-7,11H2,1-3H3. The van der Waals surface area contributed by atoms with Crippen LogP contribution in [0.1, 0.15) is 42.9 Å². The number of thioether (sulfide) groups is 1. The van der Waals surface area contributed by atoms with E-state index >= 15 is 0 Å². The summed E-state index contributed by atoms with van der Waals surface area (Å²) in [7, 11) is 0. The van der Waals surface area contributed by atoms with Crippen molar-refractivity contribution in [2.75, 3.05) is 0 Å². The van der Waals surface area contributed by atoms with Gasteiger partial charge in [0, 0.05) is 23.8 Å². The molecular weight excluding hydrogens is 334 g/mol. The Kier molecular flexibility index (Phi) is 5.58. The lowest BCUT2D eigenvalue weighted by Gasteiger charge is -2.09. The van der Waals surface area contributed by atoms with Crippen LogP contribution in [0.3, 0.4) is 0 Å². The van der Waals surface area contributed by atoms with Gasteiger partial charge < -0.3 is 8.98 Å². The molecule has 2 aromatic heterocycles. The van der Waals surface area contributed by atoms with Gasteiger partial charge in [0.15, 0.2) is 5.16 Å². The zero-order chi connectivity index (χ0) is 17.8. The Labute approximate surface area is 151 Å². The Morgan fingerprint density at radius 1 is 1.16 bits per heavy atom. The predicted molar refractivity (Wildman–Crippen MR) is 101 cm³/mol. The van der Waals surface area contributed by atoms with Crippen LogP contribution in [0.15, 0.2) is 38.9 Å². The van der Waals surface area contributed by atoms with E-state index in [2.05, 4.69) is 34.7 Å². The number of fused-ring (bicyclic) bond motifs is 1. The highest BCUT2D eigenvalue weighted by molar-refractivity contribution is 7.98. The number of hydrogen-bond donors (Lipinski definition) is 0. The highest BCUT2D eigenvalue weighted by Crippen LogP contribution is 2.27. The minimum atomic E-state index is -0.309. The van der Waals surface area contributed by atoms with Crippen molar-refractivity contribution in [3.8, 4) is 0 Å². The van der Waals surface area contributed by atoms with Gasteiger partial charge in [0.1, 0.15) is 11.9 Å². The molecule has 5 nitrogen and oxygen atoms in total. The maximum atomic E-state index is 11.9. The quantitative estimate of drug-likeness (QED) is 0.354. The van der Waals surface area contributed by atoms with Gasteiger partial charge >= 0.3 is 5.63 Å². The van der Waals surface area contributed by atoms with Gasteiger partial charge in [-0.2, -0.15) is 0 Å². The van der Waals surface area contributed by atoms with Crippen LogP contribution in [0.4, 0.5) is 0 Å². The van der Waals surface area contributed by atoms with Crippen molar-refractivity contribution in [3.05, 3.63) is 51.6 Å². The molecule has 0 aliphatic heterocycles. The van der Waals surface area contributed by atoms with Crippen molar-refractivity contribution < 1.29 is 4.42 Å². The van der Waals surface area contributed by atoms with Crippen molar-refractivity contribution in [1.82, 2.24) is 14.8 Å². The Morgan fingerprint density at radius 3 is 2.76 bits per heavy atom. The summed E-state index contributed by atoms with van der Waals surface area (Å²) in [6.45, 7) is 7.22. The van der Waals surface area contributed by atoms with Gasteiger partial charge in [0.2, 0.25) is 0 Å². The van der Waals surface area contributed by atoms with Crippen molar-refractivity contribution in [2.24, 2.45) is 0 Å². The van der Waals surface area contributed by atoms with Crippen LogP contribution in [0.25, 0.3) is 11.0 Å². The smallest absolute Gasteiger partial charge is 0.336 e. The molecule has 0 saturated heterocycles. The first-order valence-electron chi connectivity index (χ1n) is 8.63. The van der Waals surface area contributed by atoms with Gasteiger partial charge in [-0.15, -0.1) is 10.2 Å². The maximum absolute atomic E-state index is 11.9. The molecule has 25 heavy (non-hydrogen) atoms. The maximum Gasteiger partial charge on any atom is 0.336 e. The number of nitrogens with zero attached hydrogens (tertiary/aromatic N) is 3. The summed E-state index contributed by atoms with van der Waals surface area (Å²) in [6, 6.07) is 5.62. The van der Waals surface area contributed by atoms with Gasteiger partial charge in [-0.3, -0.25) is 0 Å². The van der Waals surface area contributed by atoms with E-state index in [-0.39, 0.29) is 5.63 Å². The van der Waals surface area contributed by atoms with Crippen molar-refractivity contribution in [3.63, 3.8) is 0 Å². The van der Waals surface area contributed by atoms with E-state index in [1.807, 2.05) is 13.0 Å². The SMILES string of the molecule is CCCCCn1cnnc1SCc1cc(=O)oc2cc(C)c(C)cc12. The molecule has 0 fully saturated rings. The fourth-order valence-electron chi connectivity index (χ4n) is 2.79. The van der Waals surface area contributed by atoms with E-state index in [0.717, 1.165) is 34.6 Å². The van der Waals surface area contributed by atoms with Crippen molar-refractivity contribution in [2.45, 2.75) is 57.5 Å². The summed E-state index contributed by atoms with van der Waals surface area (Å²) in [4.78, 5) is 11.9. The number of unbranched alkanes of at least 4 members (excludes halogenated alkanes) is 2. The Balaban J connectivity index is 1.83. The highest BCUT2D eigenvalue weighted by atomic mass is 32.2. The lowest BCUT2D eigenvalue weighted by atomic mass is 10.0. The molecule has 3 aromatic rings. The van der Waals surface area contributed by atoms with Gasteiger partial charge in [0.25, 0.3) is 0 Å². The molecule has 0 saturated carbocycles. The summed E-state index contributed by atoms with van der Waals surface area (Å²) in [5.74, 6) is 0.664. The second-order valence-corrected chi connectivity index (χ2v) is 7.27. The van der Waals surface area contributed by atoms with Crippen LogP contribution in [0.5, 0.6) is 0 Å². The summed E-state index contributed by atoms with van der Waals surface area (Å²) >= 11 is 1.61. The topological polar surface area (TPSA) is 60.9 Å². The van der Waals surface area contributed by atoms with Crippen molar-refractivity contribution >= 4 is 22.7 Å². The first-order chi connectivity index (χ1) is 12.1. The van der Waals surface area contributed by atoms with Gasteiger partial charge in [0.05, 0.1) is 0 Å². The highest BCUT2D eigenvalue weighted by Gasteiger charge is 2.11. The van der Waals surface area contributed by atoms with Crippen LogP contribution >= 0.6 is 11.8 Å². The molecule has 2 heterocycles. The third-order valence-corrected chi connectivity index (χ3v) is 5.41. The zero-order valence-corrected chi connectivity index (χ0v) is 15.7.